The van der Waals surface area contributed by atoms with Crippen LogP contribution in [0.1, 0.15) is 16.9 Å². The predicted octanol–water partition coefficient (Wildman–Crippen LogP) is 3.14. The molecule has 0 fully saturated rings. The van der Waals surface area contributed by atoms with Crippen molar-refractivity contribution in [1.29, 1.82) is 5.26 Å². The van der Waals surface area contributed by atoms with Gasteiger partial charge in [-0.05, 0) is 18.2 Å². The van der Waals surface area contributed by atoms with Gasteiger partial charge in [0.15, 0.2) is 5.76 Å². The molecule has 0 unspecified atom stereocenters. The number of alkyl halides is 3. The van der Waals surface area contributed by atoms with E-state index in [1.54, 1.807) is 6.07 Å². The van der Waals surface area contributed by atoms with Crippen LogP contribution in [0.5, 0.6) is 5.75 Å². The van der Waals surface area contributed by atoms with Gasteiger partial charge in [0.25, 0.3) is 0 Å². The first-order chi connectivity index (χ1) is 9.00. The normalized spacial score (nSPS) is 11.1. The van der Waals surface area contributed by atoms with Crippen molar-refractivity contribution in [2.75, 3.05) is 0 Å². The Hall–Kier alpha value is -2.49. The average Bonchev–Trinajstić information content (AvgIpc) is 2.88. The molecule has 1 aromatic carbocycles. The van der Waals surface area contributed by atoms with Crippen molar-refractivity contribution in [3.8, 4) is 11.8 Å². The highest BCUT2D eigenvalue weighted by Crippen LogP contribution is 2.37. The van der Waals surface area contributed by atoms with E-state index in [4.69, 9.17) is 14.5 Å². The smallest absolute Gasteiger partial charge is 0.420 e. The van der Waals surface area contributed by atoms with Crippen LogP contribution in [0.4, 0.5) is 13.2 Å². The van der Waals surface area contributed by atoms with E-state index in [0.717, 1.165) is 12.1 Å². The summed E-state index contributed by atoms with van der Waals surface area (Å²) in [5.74, 6) is -0.0552. The van der Waals surface area contributed by atoms with Crippen LogP contribution in [0, 0.1) is 11.3 Å². The number of nitrogens with zero attached hydrogens (tertiary/aromatic N) is 2. The van der Waals surface area contributed by atoms with E-state index in [-0.39, 0.29) is 17.9 Å². The van der Waals surface area contributed by atoms with Crippen LogP contribution < -0.4 is 4.74 Å². The standard InChI is InChI=1S/C12H7F3N2O2/c13-12(14,15)10-5-8(6-16)1-2-11(10)18-7-9-3-4-17-19-9/h1-5H,7H2. The van der Waals surface area contributed by atoms with E-state index in [9.17, 15) is 13.2 Å². The molecule has 1 heterocycles. The highest BCUT2D eigenvalue weighted by atomic mass is 19.4. The summed E-state index contributed by atoms with van der Waals surface area (Å²) in [6, 6.07) is 6.24. The Morgan fingerprint density at radius 2 is 2.11 bits per heavy atom. The lowest BCUT2D eigenvalue weighted by Crippen LogP contribution is -2.09. The van der Waals surface area contributed by atoms with Crippen molar-refractivity contribution in [3.05, 3.63) is 47.3 Å². The van der Waals surface area contributed by atoms with Crippen LogP contribution in [-0.2, 0) is 12.8 Å². The van der Waals surface area contributed by atoms with E-state index in [0.29, 0.717) is 5.76 Å². The Labute approximate surface area is 106 Å². The highest BCUT2D eigenvalue weighted by Gasteiger charge is 2.34. The Morgan fingerprint density at radius 1 is 1.32 bits per heavy atom. The summed E-state index contributed by atoms with van der Waals surface area (Å²) in [5.41, 5.74) is -1.08. The summed E-state index contributed by atoms with van der Waals surface area (Å²) in [4.78, 5) is 0. The lowest BCUT2D eigenvalue weighted by Gasteiger charge is -2.13. The van der Waals surface area contributed by atoms with Gasteiger partial charge in [-0.2, -0.15) is 18.4 Å². The number of hydrogen-bond acceptors (Lipinski definition) is 4. The van der Waals surface area contributed by atoms with Gasteiger partial charge in [0.05, 0.1) is 23.4 Å². The van der Waals surface area contributed by atoms with Crippen molar-refractivity contribution in [3.63, 3.8) is 0 Å². The molecule has 19 heavy (non-hydrogen) atoms. The quantitative estimate of drug-likeness (QED) is 0.858. The van der Waals surface area contributed by atoms with Gasteiger partial charge >= 0.3 is 6.18 Å². The second-order valence-corrected chi connectivity index (χ2v) is 3.59. The van der Waals surface area contributed by atoms with Crippen molar-refractivity contribution in [2.45, 2.75) is 12.8 Å². The zero-order chi connectivity index (χ0) is 13.9. The fourth-order valence-corrected chi connectivity index (χ4v) is 1.41. The second-order valence-electron chi connectivity index (χ2n) is 3.59. The summed E-state index contributed by atoms with van der Waals surface area (Å²) in [6.07, 6.45) is -3.23. The molecule has 0 saturated carbocycles. The Morgan fingerprint density at radius 3 is 2.68 bits per heavy atom. The van der Waals surface area contributed by atoms with Gasteiger partial charge in [-0.1, -0.05) is 5.16 Å². The van der Waals surface area contributed by atoms with Crippen molar-refractivity contribution in [1.82, 2.24) is 5.16 Å². The van der Waals surface area contributed by atoms with E-state index >= 15 is 0 Å². The summed E-state index contributed by atoms with van der Waals surface area (Å²) < 4.78 is 48.2. The van der Waals surface area contributed by atoms with Gasteiger partial charge in [0, 0.05) is 6.07 Å². The molecule has 0 aliphatic rings. The van der Waals surface area contributed by atoms with Gasteiger partial charge in [0.1, 0.15) is 12.4 Å². The van der Waals surface area contributed by atoms with Crippen LogP contribution in [0.25, 0.3) is 0 Å². The van der Waals surface area contributed by atoms with Gasteiger partial charge in [-0.3, -0.25) is 0 Å². The molecule has 7 heteroatoms. The summed E-state index contributed by atoms with van der Waals surface area (Å²) >= 11 is 0. The van der Waals surface area contributed by atoms with Gasteiger partial charge in [0.2, 0.25) is 0 Å². The molecule has 2 rings (SSSR count). The first-order valence-electron chi connectivity index (χ1n) is 5.14. The lowest BCUT2D eigenvalue weighted by molar-refractivity contribution is -0.139. The number of aromatic nitrogens is 1. The first-order valence-corrected chi connectivity index (χ1v) is 5.14. The molecule has 0 atom stereocenters. The number of rotatable bonds is 3. The lowest BCUT2D eigenvalue weighted by atomic mass is 10.1. The molecule has 0 saturated heterocycles. The fraction of sp³-hybridized carbons (Fsp3) is 0.167. The molecule has 0 aliphatic heterocycles. The Balaban J connectivity index is 2.27. The van der Waals surface area contributed by atoms with Crippen LogP contribution >= 0.6 is 0 Å². The summed E-state index contributed by atoms with van der Waals surface area (Å²) in [5, 5.41) is 12.0. The zero-order valence-electron chi connectivity index (χ0n) is 9.44. The third-order valence-electron chi connectivity index (χ3n) is 2.28. The maximum Gasteiger partial charge on any atom is 0.420 e. The molecule has 0 radical (unpaired) electrons. The Bertz CT molecular complexity index is 600. The highest BCUT2D eigenvalue weighted by molar-refractivity contribution is 5.43. The fourth-order valence-electron chi connectivity index (χ4n) is 1.41. The van der Waals surface area contributed by atoms with Crippen LogP contribution in [0.15, 0.2) is 35.0 Å². The number of ether oxygens (including phenoxy) is 1. The minimum absolute atomic E-state index is 0.0839. The van der Waals surface area contributed by atoms with Crippen molar-refractivity contribution >= 4 is 0 Å². The van der Waals surface area contributed by atoms with Crippen LogP contribution in [0.2, 0.25) is 0 Å². The molecule has 2 aromatic rings. The molecule has 0 aliphatic carbocycles. The molecule has 0 spiro atoms. The summed E-state index contributed by atoms with van der Waals surface area (Å²) in [6.45, 7) is -0.172. The van der Waals surface area contributed by atoms with Gasteiger partial charge < -0.3 is 9.26 Å². The predicted molar refractivity (Wildman–Crippen MR) is 57.0 cm³/mol. The molecule has 4 nitrogen and oxygen atoms in total. The monoisotopic (exact) mass is 268 g/mol. The number of nitriles is 1. The third-order valence-corrected chi connectivity index (χ3v) is 2.28. The molecule has 98 valence electrons. The molecule has 0 N–H and O–H groups in total. The zero-order valence-corrected chi connectivity index (χ0v) is 9.44. The maximum atomic E-state index is 12.8. The molecule has 0 bridgehead atoms. The largest absolute Gasteiger partial charge is 0.485 e. The number of benzene rings is 1. The van der Waals surface area contributed by atoms with Gasteiger partial charge in [-0.15, -0.1) is 0 Å². The SMILES string of the molecule is N#Cc1ccc(OCc2ccno2)c(C(F)(F)F)c1. The van der Waals surface area contributed by atoms with E-state index in [2.05, 4.69) is 5.16 Å². The first kappa shape index (κ1) is 13.0. The molecular weight excluding hydrogens is 261 g/mol. The molecular formula is C12H7F3N2O2. The molecule has 0 amide bonds. The van der Waals surface area contributed by atoms with E-state index in [1.807, 2.05) is 0 Å². The van der Waals surface area contributed by atoms with Crippen molar-refractivity contribution < 1.29 is 22.4 Å². The van der Waals surface area contributed by atoms with Crippen LogP contribution in [-0.4, -0.2) is 5.16 Å². The van der Waals surface area contributed by atoms with E-state index < -0.39 is 11.7 Å². The second kappa shape index (κ2) is 5.02. The minimum atomic E-state index is -4.59. The van der Waals surface area contributed by atoms with Crippen LogP contribution in [0.3, 0.4) is 0 Å². The third kappa shape index (κ3) is 3.04. The maximum absolute atomic E-state index is 12.8. The molecule has 1 aromatic heterocycles. The topological polar surface area (TPSA) is 59.0 Å². The summed E-state index contributed by atoms with van der Waals surface area (Å²) in [7, 11) is 0. The van der Waals surface area contributed by atoms with Crippen molar-refractivity contribution in [2.24, 2.45) is 0 Å². The average molecular weight is 268 g/mol. The van der Waals surface area contributed by atoms with E-state index in [1.165, 1.54) is 18.3 Å². The van der Waals surface area contributed by atoms with Gasteiger partial charge in [-0.25, -0.2) is 0 Å². The Kier molecular flexibility index (Phi) is 3.42. The minimum Gasteiger partial charge on any atom is -0.485 e. The number of halogens is 3. The number of hydrogen-bond donors (Lipinski definition) is 0.